The summed E-state index contributed by atoms with van der Waals surface area (Å²) in [5, 5.41) is 5.99. The number of nitrogens with one attached hydrogen (secondary N) is 2. The van der Waals surface area contributed by atoms with Crippen molar-refractivity contribution in [1.82, 2.24) is 10.6 Å². The van der Waals surface area contributed by atoms with E-state index in [4.69, 9.17) is 9.47 Å². The van der Waals surface area contributed by atoms with Gasteiger partial charge >= 0.3 is 0 Å². The van der Waals surface area contributed by atoms with Crippen LogP contribution in [0.15, 0.2) is 0 Å². The standard InChI is InChI=1S/C9H18N2O3/c1-9(6-10-3-4-14-9)7-11-8(12)5-13-2/h10H,3-7H2,1-2H3,(H,11,12). The molecule has 0 aromatic carbocycles. The first-order valence-electron chi connectivity index (χ1n) is 4.77. The summed E-state index contributed by atoms with van der Waals surface area (Å²) in [6, 6.07) is 0. The molecule has 5 nitrogen and oxygen atoms in total. The Labute approximate surface area is 84.1 Å². The third kappa shape index (κ3) is 3.61. The topological polar surface area (TPSA) is 59.6 Å². The zero-order chi connectivity index (χ0) is 10.4. The van der Waals surface area contributed by atoms with Crippen molar-refractivity contribution in [2.24, 2.45) is 0 Å². The van der Waals surface area contributed by atoms with Crippen LogP contribution >= 0.6 is 0 Å². The molecule has 1 rings (SSSR count). The van der Waals surface area contributed by atoms with E-state index < -0.39 is 0 Å². The molecule has 1 fully saturated rings. The second-order valence-corrected chi connectivity index (χ2v) is 3.68. The molecule has 82 valence electrons. The van der Waals surface area contributed by atoms with Gasteiger partial charge in [0, 0.05) is 26.7 Å². The maximum atomic E-state index is 11.1. The highest BCUT2D eigenvalue weighted by Crippen LogP contribution is 2.10. The number of rotatable bonds is 4. The highest BCUT2D eigenvalue weighted by atomic mass is 16.5. The minimum absolute atomic E-state index is 0.101. The van der Waals surface area contributed by atoms with Crippen molar-refractivity contribution in [2.45, 2.75) is 12.5 Å². The molecule has 0 aromatic heterocycles. The summed E-state index contributed by atoms with van der Waals surface area (Å²) in [4.78, 5) is 11.1. The highest BCUT2D eigenvalue weighted by molar-refractivity contribution is 5.77. The van der Waals surface area contributed by atoms with E-state index in [-0.39, 0.29) is 18.1 Å². The molecule has 0 saturated carbocycles. The number of carbonyl (C=O) groups is 1. The van der Waals surface area contributed by atoms with E-state index in [1.165, 1.54) is 7.11 Å². The van der Waals surface area contributed by atoms with Gasteiger partial charge in [-0.3, -0.25) is 4.79 Å². The molecule has 0 aliphatic carbocycles. The molecular weight excluding hydrogens is 184 g/mol. The molecule has 14 heavy (non-hydrogen) atoms. The van der Waals surface area contributed by atoms with Crippen LogP contribution in [-0.2, 0) is 14.3 Å². The fourth-order valence-electron chi connectivity index (χ4n) is 1.35. The SMILES string of the molecule is COCC(=O)NCC1(C)CNCCO1. The summed E-state index contributed by atoms with van der Waals surface area (Å²) in [7, 11) is 1.50. The lowest BCUT2D eigenvalue weighted by Gasteiger charge is -2.34. The lowest BCUT2D eigenvalue weighted by atomic mass is 10.1. The van der Waals surface area contributed by atoms with E-state index in [1.807, 2.05) is 6.92 Å². The quantitative estimate of drug-likeness (QED) is 0.622. The first-order chi connectivity index (χ1) is 6.66. The third-order valence-corrected chi connectivity index (χ3v) is 2.16. The average Bonchev–Trinajstić information content (AvgIpc) is 2.17. The van der Waals surface area contributed by atoms with Crippen molar-refractivity contribution >= 4 is 5.91 Å². The molecule has 1 amide bonds. The number of amides is 1. The summed E-state index contributed by atoms with van der Waals surface area (Å²) < 4.78 is 10.3. The largest absolute Gasteiger partial charge is 0.375 e. The molecule has 5 heteroatoms. The van der Waals surface area contributed by atoms with E-state index in [0.29, 0.717) is 13.2 Å². The lowest BCUT2D eigenvalue weighted by Crippen LogP contribution is -2.54. The van der Waals surface area contributed by atoms with Crippen LogP contribution < -0.4 is 10.6 Å². The van der Waals surface area contributed by atoms with Crippen molar-refractivity contribution in [3.05, 3.63) is 0 Å². The molecule has 1 aliphatic heterocycles. The molecule has 0 aromatic rings. The van der Waals surface area contributed by atoms with Crippen LogP contribution in [-0.4, -0.2) is 51.5 Å². The molecule has 1 heterocycles. The minimum Gasteiger partial charge on any atom is -0.375 e. The Balaban J connectivity index is 2.24. The van der Waals surface area contributed by atoms with E-state index in [9.17, 15) is 4.79 Å². The van der Waals surface area contributed by atoms with Gasteiger partial charge in [-0.25, -0.2) is 0 Å². The Morgan fingerprint density at radius 3 is 3.07 bits per heavy atom. The van der Waals surface area contributed by atoms with Gasteiger partial charge in [-0.05, 0) is 6.92 Å². The minimum atomic E-state index is -0.290. The van der Waals surface area contributed by atoms with Crippen LogP contribution in [0.1, 0.15) is 6.92 Å². The van der Waals surface area contributed by atoms with Crippen molar-refractivity contribution in [3.63, 3.8) is 0 Å². The predicted octanol–water partition coefficient (Wildman–Crippen LogP) is -0.872. The van der Waals surface area contributed by atoms with E-state index in [2.05, 4.69) is 10.6 Å². The predicted molar refractivity (Wildman–Crippen MR) is 52.1 cm³/mol. The average molecular weight is 202 g/mol. The van der Waals surface area contributed by atoms with Gasteiger partial charge < -0.3 is 20.1 Å². The van der Waals surface area contributed by atoms with Crippen LogP contribution in [0.2, 0.25) is 0 Å². The summed E-state index contributed by atoms with van der Waals surface area (Å²) in [5.41, 5.74) is -0.290. The summed E-state index contributed by atoms with van der Waals surface area (Å²) in [6.45, 7) is 4.93. The smallest absolute Gasteiger partial charge is 0.246 e. The first-order valence-corrected chi connectivity index (χ1v) is 4.77. The monoisotopic (exact) mass is 202 g/mol. The van der Waals surface area contributed by atoms with Crippen molar-refractivity contribution < 1.29 is 14.3 Å². The lowest BCUT2D eigenvalue weighted by molar-refractivity contribution is -0.127. The molecule has 1 unspecified atom stereocenters. The van der Waals surface area contributed by atoms with Crippen LogP contribution in [0.25, 0.3) is 0 Å². The fourth-order valence-corrected chi connectivity index (χ4v) is 1.35. The number of methoxy groups -OCH3 is 1. The first kappa shape index (κ1) is 11.4. The molecule has 1 atom stereocenters. The number of hydrogen-bond donors (Lipinski definition) is 2. The molecule has 0 radical (unpaired) electrons. The zero-order valence-electron chi connectivity index (χ0n) is 8.76. The molecule has 1 aliphatic rings. The third-order valence-electron chi connectivity index (χ3n) is 2.16. The van der Waals surface area contributed by atoms with Gasteiger partial charge in [0.05, 0.1) is 12.2 Å². The normalized spacial score (nSPS) is 27.3. The molecular formula is C9H18N2O3. The second kappa shape index (κ2) is 5.29. The number of hydrogen-bond acceptors (Lipinski definition) is 4. The van der Waals surface area contributed by atoms with E-state index in [1.54, 1.807) is 0 Å². The Hall–Kier alpha value is -0.650. The fraction of sp³-hybridized carbons (Fsp3) is 0.889. The van der Waals surface area contributed by atoms with Crippen molar-refractivity contribution in [1.29, 1.82) is 0 Å². The van der Waals surface area contributed by atoms with Crippen LogP contribution in [0.4, 0.5) is 0 Å². The van der Waals surface area contributed by atoms with E-state index in [0.717, 1.165) is 13.1 Å². The Kier molecular flexibility index (Phi) is 4.31. The maximum Gasteiger partial charge on any atom is 0.246 e. The Morgan fingerprint density at radius 1 is 1.71 bits per heavy atom. The number of morpholine rings is 1. The van der Waals surface area contributed by atoms with Gasteiger partial charge in [0.1, 0.15) is 6.61 Å². The van der Waals surface area contributed by atoms with E-state index >= 15 is 0 Å². The highest BCUT2D eigenvalue weighted by Gasteiger charge is 2.27. The van der Waals surface area contributed by atoms with Crippen molar-refractivity contribution in [3.8, 4) is 0 Å². The van der Waals surface area contributed by atoms with Crippen LogP contribution in [0, 0.1) is 0 Å². The van der Waals surface area contributed by atoms with Crippen molar-refractivity contribution in [2.75, 3.05) is 40.0 Å². The van der Waals surface area contributed by atoms with Gasteiger partial charge in [-0.1, -0.05) is 0 Å². The molecule has 0 bridgehead atoms. The second-order valence-electron chi connectivity index (χ2n) is 3.68. The van der Waals surface area contributed by atoms with Gasteiger partial charge in [0.15, 0.2) is 0 Å². The van der Waals surface area contributed by atoms with Gasteiger partial charge in [0.2, 0.25) is 5.91 Å². The van der Waals surface area contributed by atoms with Crippen LogP contribution in [0.5, 0.6) is 0 Å². The molecule has 2 N–H and O–H groups in total. The van der Waals surface area contributed by atoms with Gasteiger partial charge in [0.25, 0.3) is 0 Å². The summed E-state index contributed by atoms with van der Waals surface area (Å²) in [5.74, 6) is -0.108. The maximum absolute atomic E-state index is 11.1. The molecule has 1 saturated heterocycles. The Morgan fingerprint density at radius 2 is 2.50 bits per heavy atom. The number of ether oxygens (including phenoxy) is 2. The van der Waals surface area contributed by atoms with Gasteiger partial charge in [-0.2, -0.15) is 0 Å². The van der Waals surface area contributed by atoms with Crippen LogP contribution in [0.3, 0.4) is 0 Å². The van der Waals surface area contributed by atoms with Gasteiger partial charge in [-0.15, -0.1) is 0 Å². The zero-order valence-corrected chi connectivity index (χ0v) is 8.76. The summed E-state index contributed by atoms with van der Waals surface area (Å²) in [6.07, 6.45) is 0. The molecule has 0 spiro atoms. The summed E-state index contributed by atoms with van der Waals surface area (Å²) >= 11 is 0. The Bertz CT molecular complexity index is 190. The number of carbonyl (C=O) groups excluding carboxylic acids is 1.